The summed E-state index contributed by atoms with van der Waals surface area (Å²) in [6.45, 7) is 4.22. The van der Waals surface area contributed by atoms with Gasteiger partial charge in [-0.3, -0.25) is 9.69 Å². The first-order valence-corrected chi connectivity index (χ1v) is 10.3. The normalized spacial score (nSPS) is 10.9. The first-order valence-electron chi connectivity index (χ1n) is 9.45. The van der Waals surface area contributed by atoms with Crippen LogP contribution in [0.1, 0.15) is 27.2 Å². The molecule has 0 saturated carbocycles. The minimum Gasteiger partial charge on any atom is -0.495 e. The van der Waals surface area contributed by atoms with Crippen LogP contribution in [0.5, 0.6) is 11.5 Å². The first-order chi connectivity index (χ1) is 14.5. The molecule has 0 atom stereocenters. The Kier molecular flexibility index (Phi) is 5.46. The Bertz CT molecular complexity index is 1160. The van der Waals surface area contributed by atoms with Crippen LogP contribution in [0, 0.1) is 13.8 Å². The summed E-state index contributed by atoms with van der Waals surface area (Å²) in [5.41, 5.74) is 3.32. The molecule has 0 N–H and O–H groups in total. The lowest BCUT2D eigenvalue weighted by atomic mass is 10.0. The zero-order valence-corrected chi connectivity index (χ0v) is 18.1. The van der Waals surface area contributed by atoms with Crippen molar-refractivity contribution in [2.45, 2.75) is 20.4 Å². The molecule has 0 bridgehead atoms. The second-order valence-corrected chi connectivity index (χ2v) is 7.91. The van der Waals surface area contributed by atoms with Crippen LogP contribution < -0.4 is 14.4 Å². The molecular formula is C23H22N2O4S. The molecule has 2 aromatic heterocycles. The lowest BCUT2D eigenvalue weighted by Gasteiger charge is -2.20. The monoisotopic (exact) mass is 422 g/mol. The third kappa shape index (κ3) is 3.64. The van der Waals surface area contributed by atoms with Gasteiger partial charge in [0.05, 0.1) is 27.0 Å². The molecule has 4 rings (SSSR count). The fourth-order valence-corrected chi connectivity index (χ4v) is 4.45. The van der Waals surface area contributed by atoms with E-state index in [1.54, 1.807) is 31.4 Å². The maximum atomic E-state index is 13.6. The smallest absolute Gasteiger partial charge is 0.260 e. The highest BCUT2D eigenvalue weighted by molar-refractivity contribution is 7.22. The number of hydrogen-bond donors (Lipinski definition) is 0. The van der Waals surface area contributed by atoms with E-state index >= 15 is 0 Å². The van der Waals surface area contributed by atoms with Crippen LogP contribution in [0.2, 0.25) is 0 Å². The summed E-state index contributed by atoms with van der Waals surface area (Å²) >= 11 is 1.39. The Morgan fingerprint density at radius 2 is 1.87 bits per heavy atom. The molecule has 30 heavy (non-hydrogen) atoms. The number of nitrogens with zero attached hydrogens (tertiary/aromatic N) is 2. The standard InChI is InChI=1S/C23H22N2O4S/c1-14-7-8-17(15(2)12-14)22(26)25(13-16-6-5-11-29-16)23-24-20-18(27-3)9-10-19(28-4)21(20)30-23/h5-12H,13H2,1-4H3. The SMILES string of the molecule is COc1ccc(OC)c2sc(N(Cc3ccco3)C(=O)c3ccc(C)cc3C)nc12. The van der Waals surface area contributed by atoms with Crippen molar-refractivity contribution in [3.8, 4) is 11.5 Å². The molecule has 7 heteroatoms. The molecule has 0 radical (unpaired) electrons. The third-order valence-electron chi connectivity index (χ3n) is 4.88. The van der Waals surface area contributed by atoms with Gasteiger partial charge in [0.15, 0.2) is 5.13 Å². The zero-order valence-electron chi connectivity index (χ0n) is 17.3. The third-order valence-corrected chi connectivity index (χ3v) is 5.97. The summed E-state index contributed by atoms with van der Waals surface area (Å²) in [5.74, 6) is 1.85. The van der Waals surface area contributed by atoms with Crippen LogP contribution in [-0.2, 0) is 6.54 Å². The van der Waals surface area contributed by atoms with Crippen molar-refractivity contribution in [1.29, 1.82) is 0 Å². The number of hydrogen-bond acceptors (Lipinski definition) is 6. The summed E-state index contributed by atoms with van der Waals surface area (Å²) in [6, 6.07) is 13.1. The number of carbonyl (C=O) groups is 1. The molecule has 0 unspecified atom stereocenters. The summed E-state index contributed by atoms with van der Waals surface area (Å²) < 4.78 is 17.3. The number of rotatable bonds is 6. The molecule has 1 amide bonds. The maximum Gasteiger partial charge on any atom is 0.260 e. The largest absolute Gasteiger partial charge is 0.495 e. The van der Waals surface area contributed by atoms with Crippen LogP contribution in [0.3, 0.4) is 0 Å². The second-order valence-electron chi connectivity index (χ2n) is 6.93. The van der Waals surface area contributed by atoms with Gasteiger partial charge in [0.2, 0.25) is 0 Å². The lowest BCUT2D eigenvalue weighted by molar-refractivity contribution is 0.0982. The van der Waals surface area contributed by atoms with Gasteiger partial charge in [0, 0.05) is 5.56 Å². The molecule has 154 valence electrons. The van der Waals surface area contributed by atoms with Crippen molar-refractivity contribution < 1.29 is 18.7 Å². The van der Waals surface area contributed by atoms with Crippen molar-refractivity contribution in [1.82, 2.24) is 4.98 Å². The van der Waals surface area contributed by atoms with Crippen molar-refractivity contribution in [3.63, 3.8) is 0 Å². The highest BCUT2D eigenvalue weighted by atomic mass is 32.1. The quantitative estimate of drug-likeness (QED) is 0.418. The molecule has 0 spiro atoms. The molecule has 0 aliphatic heterocycles. The van der Waals surface area contributed by atoms with Crippen molar-refractivity contribution >= 4 is 32.6 Å². The highest BCUT2D eigenvalue weighted by Gasteiger charge is 2.25. The predicted molar refractivity (Wildman–Crippen MR) is 118 cm³/mol. The van der Waals surface area contributed by atoms with Gasteiger partial charge >= 0.3 is 0 Å². The second kappa shape index (κ2) is 8.20. The number of amides is 1. The van der Waals surface area contributed by atoms with Gasteiger partial charge in [-0.2, -0.15) is 0 Å². The maximum absolute atomic E-state index is 13.6. The molecule has 2 heterocycles. The zero-order chi connectivity index (χ0) is 21.3. The summed E-state index contributed by atoms with van der Waals surface area (Å²) in [4.78, 5) is 20.0. The number of furan rings is 1. The molecule has 0 aliphatic carbocycles. The van der Waals surface area contributed by atoms with Crippen LogP contribution in [-0.4, -0.2) is 25.1 Å². The Labute approximate surface area is 178 Å². The van der Waals surface area contributed by atoms with Crippen LogP contribution in [0.25, 0.3) is 10.2 Å². The highest BCUT2D eigenvalue weighted by Crippen LogP contribution is 2.40. The molecule has 0 saturated heterocycles. The summed E-state index contributed by atoms with van der Waals surface area (Å²) in [7, 11) is 3.21. The number of aryl methyl sites for hydroxylation is 2. The van der Waals surface area contributed by atoms with Gasteiger partial charge in [0.25, 0.3) is 5.91 Å². The van der Waals surface area contributed by atoms with Crippen LogP contribution in [0.15, 0.2) is 53.1 Å². The Morgan fingerprint density at radius 1 is 1.10 bits per heavy atom. The van der Waals surface area contributed by atoms with Gasteiger partial charge < -0.3 is 13.9 Å². The van der Waals surface area contributed by atoms with E-state index in [0.717, 1.165) is 15.8 Å². The Hall–Kier alpha value is -3.32. The van der Waals surface area contributed by atoms with E-state index in [9.17, 15) is 4.79 Å². The Morgan fingerprint density at radius 3 is 2.53 bits per heavy atom. The fraction of sp³-hybridized carbons (Fsp3) is 0.217. The van der Waals surface area contributed by atoms with E-state index in [2.05, 4.69) is 0 Å². The number of anilines is 1. The number of ether oxygens (including phenoxy) is 2. The molecule has 0 aliphatic rings. The van der Waals surface area contributed by atoms with Gasteiger partial charge in [-0.1, -0.05) is 29.0 Å². The number of benzene rings is 2. The van der Waals surface area contributed by atoms with Gasteiger partial charge in [-0.25, -0.2) is 4.98 Å². The van der Waals surface area contributed by atoms with E-state index in [-0.39, 0.29) is 12.5 Å². The van der Waals surface area contributed by atoms with Gasteiger partial charge in [0.1, 0.15) is 27.5 Å². The van der Waals surface area contributed by atoms with E-state index in [0.29, 0.717) is 33.5 Å². The summed E-state index contributed by atoms with van der Waals surface area (Å²) in [6.07, 6.45) is 1.60. The van der Waals surface area contributed by atoms with Gasteiger partial charge in [-0.05, 0) is 49.7 Å². The topological polar surface area (TPSA) is 64.8 Å². The average Bonchev–Trinajstić information content (AvgIpc) is 3.40. The number of aromatic nitrogens is 1. The van der Waals surface area contributed by atoms with E-state index in [4.69, 9.17) is 18.9 Å². The van der Waals surface area contributed by atoms with Crippen LogP contribution in [0.4, 0.5) is 5.13 Å². The number of methoxy groups -OCH3 is 2. The van der Waals surface area contributed by atoms with Crippen LogP contribution >= 0.6 is 11.3 Å². The first kappa shape index (κ1) is 20.0. The predicted octanol–water partition coefficient (Wildman–Crippen LogP) is 5.37. The number of fused-ring (bicyclic) bond motifs is 1. The van der Waals surface area contributed by atoms with E-state index < -0.39 is 0 Å². The summed E-state index contributed by atoms with van der Waals surface area (Å²) in [5, 5.41) is 0.550. The lowest BCUT2D eigenvalue weighted by Crippen LogP contribution is -2.30. The Balaban J connectivity index is 1.84. The van der Waals surface area contributed by atoms with Crippen molar-refractivity contribution in [2.75, 3.05) is 19.1 Å². The van der Waals surface area contributed by atoms with Crippen molar-refractivity contribution in [3.05, 3.63) is 71.2 Å². The molecule has 2 aromatic carbocycles. The minimum absolute atomic E-state index is 0.138. The molecule has 0 fully saturated rings. The average molecular weight is 423 g/mol. The fourth-order valence-electron chi connectivity index (χ4n) is 3.37. The van der Waals surface area contributed by atoms with E-state index in [1.165, 1.54) is 11.3 Å². The number of carbonyl (C=O) groups excluding carboxylic acids is 1. The van der Waals surface area contributed by atoms with Crippen molar-refractivity contribution in [2.24, 2.45) is 0 Å². The van der Waals surface area contributed by atoms with Gasteiger partial charge in [-0.15, -0.1) is 0 Å². The number of thiazole rings is 1. The molecule has 4 aromatic rings. The van der Waals surface area contributed by atoms with E-state index in [1.807, 2.05) is 50.2 Å². The molecule has 6 nitrogen and oxygen atoms in total. The minimum atomic E-state index is -0.138. The molecular weight excluding hydrogens is 400 g/mol.